The zero-order valence-corrected chi connectivity index (χ0v) is 16.4. The van der Waals surface area contributed by atoms with Crippen molar-refractivity contribution in [3.05, 3.63) is 74.1 Å². The smallest absolute Gasteiger partial charge is 0.136 e. The highest BCUT2D eigenvalue weighted by molar-refractivity contribution is 9.10. The van der Waals surface area contributed by atoms with E-state index in [1.807, 2.05) is 54.8 Å². The second-order valence-corrected chi connectivity index (χ2v) is 7.45. The van der Waals surface area contributed by atoms with Gasteiger partial charge in [-0.15, -0.1) is 11.3 Å². The third-order valence-corrected chi connectivity index (χ3v) is 5.45. The SMILES string of the molecule is Cc1c(Cl)cccc1NC=C(C#N)c1nc(-c2ccc(Br)cc2)cs1. The van der Waals surface area contributed by atoms with Gasteiger partial charge < -0.3 is 5.32 Å². The van der Waals surface area contributed by atoms with Crippen LogP contribution in [-0.2, 0) is 0 Å². The average molecular weight is 431 g/mol. The lowest BCUT2D eigenvalue weighted by atomic mass is 10.2. The number of allylic oxidation sites excluding steroid dienone is 1. The van der Waals surface area contributed by atoms with Crippen LogP contribution in [0.3, 0.4) is 0 Å². The number of nitriles is 1. The standard InChI is InChI=1S/C19H13BrClN3S/c1-12-16(21)3-2-4-17(12)23-10-14(9-22)19-24-18(11-25-19)13-5-7-15(20)8-6-13/h2-8,10-11,23H,1H3. The number of anilines is 1. The molecule has 1 aromatic heterocycles. The molecule has 0 amide bonds. The van der Waals surface area contributed by atoms with Crippen LogP contribution in [-0.4, -0.2) is 4.98 Å². The van der Waals surface area contributed by atoms with E-state index < -0.39 is 0 Å². The van der Waals surface area contributed by atoms with Gasteiger partial charge in [0.2, 0.25) is 0 Å². The summed E-state index contributed by atoms with van der Waals surface area (Å²) in [6, 6.07) is 15.8. The van der Waals surface area contributed by atoms with Crippen LogP contribution in [0.2, 0.25) is 5.02 Å². The van der Waals surface area contributed by atoms with Crippen LogP contribution in [0.15, 0.2) is 58.5 Å². The minimum atomic E-state index is 0.479. The number of aromatic nitrogens is 1. The maximum Gasteiger partial charge on any atom is 0.136 e. The van der Waals surface area contributed by atoms with Crippen LogP contribution < -0.4 is 5.32 Å². The lowest BCUT2D eigenvalue weighted by Gasteiger charge is -2.07. The molecule has 25 heavy (non-hydrogen) atoms. The summed E-state index contributed by atoms with van der Waals surface area (Å²) >= 11 is 11.0. The maximum atomic E-state index is 9.47. The van der Waals surface area contributed by atoms with Crippen molar-refractivity contribution in [1.29, 1.82) is 5.26 Å². The minimum Gasteiger partial charge on any atom is -0.360 e. The number of rotatable bonds is 4. The second kappa shape index (κ2) is 7.83. The van der Waals surface area contributed by atoms with E-state index in [0.717, 1.165) is 27.0 Å². The van der Waals surface area contributed by atoms with Crippen molar-refractivity contribution >= 4 is 50.1 Å². The molecule has 3 aromatic rings. The van der Waals surface area contributed by atoms with Crippen molar-refractivity contribution in [1.82, 2.24) is 4.98 Å². The fraction of sp³-hybridized carbons (Fsp3) is 0.0526. The first-order valence-electron chi connectivity index (χ1n) is 7.42. The van der Waals surface area contributed by atoms with E-state index in [1.165, 1.54) is 11.3 Å². The van der Waals surface area contributed by atoms with Gasteiger partial charge in [0.25, 0.3) is 0 Å². The van der Waals surface area contributed by atoms with Crippen molar-refractivity contribution in [3.63, 3.8) is 0 Å². The molecule has 1 heterocycles. The van der Waals surface area contributed by atoms with Crippen molar-refractivity contribution in [2.24, 2.45) is 0 Å². The molecule has 0 aliphatic rings. The molecule has 0 fully saturated rings. The number of nitrogens with one attached hydrogen (secondary N) is 1. The number of hydrogen-bond acceptors (Lipinski definition) is 4. The molecule has 124 valence electrons. The molecule has 0 radical (unpaired) electrons. The number of nitrogens with zero attached hydrogens (tertiary/aromatic N) is 2. The Labute approximate surface area is 163 Å². The number of halogens is 2. The van der Waals surface area contributed by atoms with Gasteiger partial charge in [-0.05, 0) is 36.8 Å². The van der Waals surface area contributed by atoms with Crippen LogP contribution >= 0.6 is 38.9 Å². The highest BCUT2D eigenvalue weighted by Gasteiger charge is 2.09. The molecule has 1 N–H and O–H groups in total. The van der Waals surface area contributed by atoms with Gasteiger partial charge in [0.1, 0.15) is 16.6 Å². The highest BCUT2D eigenvalue weighted by Crippen LogP contribution is 2.28. The summed E-state index contributed by atoms with van der Waals surface area (Å²) in [5.74, 6) is 0. The van der Waals surface area contributed by atoms with Gasteiger partial charge in [-0.25, -0.2) is 4.98 Å². The van der Waals surface area contributed by atoms with Crippen molar-refractivity contribution < 1.29 is 0 Å². The zero-order chi connectivity index (χ0) is 17.8. The molecule has 0 atom stereocenters. The van der Waals surface area contributed by atoms with Gasteiger partial charge in [-0.1, -0.05) is 45.7 Å². The van der Waals surface area contributed by atoms with E-state index in [1.54, 1.807) is 6.20 Å². The van der Waals surface area contributed by atoms with Crippen molar-refractivity contribution in [3.8, 4) is 17.3 Å². The molecule has 0 bridgehead atoms. The zero-order valence-electron chi connectivity index (χ0n) is 13.3. The topological polar surface area (TPSA) is 48.7 Å². The van der Waals surface area contributed by atoms with Gasteiger partial charge >= 0.3 is 0 Å². The summed E-state index contributed by atoms with van der Waals surface area (Å²) in [6.07, 6.45) is 1.67. The number of benzene rings is 2. The van der Waals surface area contributed by atoms with Crippen LogP contribution in [0.25, 0.3) is 16.8 Å². The number of hydrogen-bond donors (Lipinski definition) is 1. The Hall–Kier alpha value is -2.13. The van der Waals surface area contributed by atoms with Crippen LogP contribution in [0, 0.1) is 18.3 Å². The Morgan fingerprint density at radius 3 is 2.76 bits per heavy atom. The Morgan fingerprint density at radius 2 is 2.04 bits per heavy atom. The molecule has 3 rings (SSSR count). The predicted octanol–water partition coefficient (Wildman–Crippen LogP) is 6.51. The van der Waals surface area contributed by atoms with Gasteiger partial charge in [0.15, 0.2) is 0 Å². The summed E-state index contributed by atoms with van der Waals surface area (Å²) in [4.78, 5) is 4.58. The molecular weight excluding hydrogens is 418 g/mol. The van der Waals surface area contributed by atoms with Crippen molar-refractivity contribution in [2.75, 3.05) is 5.32 Å². The molecule has 0 spiro atoms. The molecule has 2 aromatic carbocycles. The van der Waals surface area contributed by atoms with E-state index in [-0.39, 0.29) is 0 Å². The third-order valence-electron chi connectivity index (χ3n) is 3.63. The lowest BCUT2D eigenvalue weighted by Crippen LogP contribution is -1.94. The van der Waals surface area contributed by atoms with Gasteiger partial charge in [0.05, 0.1) is 5.69 Å². The fourth-order valence-corrected chi connectivity index (χ4v) is 3.44. The fourth-order valence-electron chi connectivity index (χ4n) is 2.21. The normalized spacial score (nSPS) is 11.2. The largest absolute Gasteiger partial charge is 0.360 e. The lowest BCUT2D eigenvalue weighted by molar-refractivity contribution is 1.36. The van der Waals surface area contributed by atoms with Gasteiger partial charge in [0, 0.05) is 32.3 Å². The average Bonchev–Trinajstić information content (AvgIpc) is 3.09. The Morgan fingerprint density at radius 1 is 1.28 bits per heavy atom. The predicted molar refractivity (Wildman–Crippen MR) is 109 cm³/mol. The molecular formula is C19H13BrClN3S. The van der Waals surface area contributed by atoms with E-state index in [2.05, 4.69) is 32.3 Å². The van der Waals surface area contributed by atoms with E-state index in [4.69, 9.17) is 11.6 Å². The molecule has 0 unspecified atom stereocenters. The Balaban J connectivity index is 1.85. The van der Waals surface area contributed by atoms with E-state index in [9.17, 15) is 5.26 Å². The summed E-state index contributed by atoms with van der Waals surface area (Å²) < 4.78 is 1.02. The van der Waals surface area contributed by atoms with Crippen LogP contribution in [0.5, 0.6) is 0 Å². The third kappa shape index (κ3) is 4.10. The van der Waals surface area contributed by atoms with E-state index >= 15 is 0 Å². The monoisotopic (exact) mass is 429 g/mol. The van der Waals surface area contributed by atoms with Crippen molar-refractivity contribution in [2.45, 2.75) is 6.92 Å². The minimum absolute atomic E-state index is 0.479. The molecule has 3 nitrogen and oxygen atoms in total. The Kier molecular flexibility index (Phi) is 5.54. The van der Waals surface area contributed by atoms with Gasteiger partial charge in [-0.3, -0.25) is 0 Å². The molecule has 0 aliphatic heterocycles. The summed E-state index contributed by atoms with van der Waals surface area (Å²) in [5, 5.41) is 15.9. The molecule has 0 saturated carbocycles. The molecule has 0 aliphatic carbocycles. The molecule has 0 saturated heterocycles. The highest BCUT2D eigenvalue weighted by atomic mass is 79.9. The summed E-state index contributed by atoms with van der Waals surface area (Å²) in [6.45, 7) is 1.93. The number of thiazole rings is 1. The van der Waals surface area contributed by atoms with Crippen LogP contribution in [0.1, 0.15) is 10.6 Å². The maximum absolute atomic E-state index is 9.47. The summed E-state index contributed by atoms with van der Waals surface area (Å²) in [7, 11) is 0. The van der Waals surface area contributed by atoms with Crippen LogP contribution in [0.4, 0.5) is 5.69 Å². The Bertz CT molecular complexity index is 971. The first kappa shape index (κ1) is 17.7. The quantitative estimate of drug-likeness (QED) is 0.480. The van der Waals surface area contributed by atoms with Gasteiger partial charge in [-0.2, -0.15) is 5.26 Å². The first-order chi connectivity index (χ1) is 12.1. The van der Waals surface area contributed by atoms with E-state index in [0.29, 0.717) is 15.6 Å². The second-order valence-electron chi connectivity index (χ2n) is 5.27. The summed E-state index contributed by atoms with van der Waals surface area (Å²) in [5.41, 5.74) is 4.15. The molecule has 6 heteroatoms. The first-order valence-corrected chi connectivity index (χ1v) is 9.47.